The van der Waals surface area contributed by atoms with E-state index in [-0.39, 0.29) is 28.7 Å². The number of halogens is 6. The van der Waals surface area contributed by atoms with Crippen molar-refractivity contribution in [2.75, 3.05) is 5.32 Å². The zero-order valence-corrected chi connectivity index (χ0v) is 19.6. The predicted molar refractivity (Wildman–Crippen MR) is 126 cm³/mol. The summed E-state index contributed by atoms with van der Waals surface area (Å²) in [7, 11) is 0. The fourth-order valence-electron chi connectivity index (χ4n) is 5.03. The second kappa shape index (κ2) is 8.39. The summed E-state index contributed by atoms with van der Waals surface area (Å²) in [6.45, 7) is 1.14. The fraction of sp³-hybridized carbons (Fsp3) is 0.292. The molecule has 4 heterocycles. The van der Waals surface area contributed by atoms with Gasteiger partial charge in [0.15, 0.2) is 11.5 Å². The Balaban J connectivity index is 1.56. The minimum absolute atomic E-state index is 0.0993. The number of nitrogens with one attached hydrogen (secondary N) is 3. The third-order valence-electron chi connectivity index (χ3n) is 6.69. The van der Waals surface area contributed by atoms with Gasteiger partial charge in [-0.2, -0.15) is 36.5 Å². The molecule has 196 valence electrons. The lowest BCUT2D eigenvalue weighted by atomic mass is 9.85. The molecule has 0 unspecified atom stereocenters. The number of alkyl halides is 6. The molecule has 0 aliphatic heterocycles. The number of hydrogen-bond donors (Lipinski definition) is 3. The number of hydrogen-bond acceptors (Lipinski definition) is 6. The van der Waals surface area contributed by atoms with Crippen molar-refractivity contribution in [3.63, 3.8) is 0 Å². The lowest BCUT2D eigenvalue weighted by Gasteiger charge is -2.22. The van der Waals surface area contributed by atoms with Crippen LogP contribution in [0, 0.1) is 6.92 Å². The molecule has 0 saturated heterocycles. The van der Waals surface area contributed by atoms with Gasteiger partial charge >= 0.3 is 12.4 Å². The summed E-state index contributed by atoms with van der Waals surface area (Å²) in [6, 6.07) is 3.48. The highest BCUT2D eigenvalue weighted by molar-refractivity contribution is 6.08. The number of rotatable bonds is 3. The van der Waals surface area contributed by atoms with Gasteiger partial charge in [0.05, 0.1) is 39.7 Å². The molecule has 1 aliphatic carbocycles. The molecule has 4 aromatic heterocycles. The first-order valence-corrected chi connectivity index (χ1v) is 11.6. The molecule has 0 atom stereocenters. The van der Waals surface area contributed by atoms with Crippen LogP contribution < -0.4 is 5.32 Å². The van der Waals surface area contributed by atoms with Crippen LogP contribution in [0.3, 0.4) is 0 Å². The normalized spacial score (nSPS) is 14.3. The standard InChI is InChI=1S/C24H18F6N8/c1-10-14(23(25,26)27)9-31-22(33-10)35-21-18(20(37-38-21)24(28,29)30)19-12-5-3-2-4-11(12)17-13-8-32-36-15(13)6-7-16(17)34-19/h6-9H,2-5H2,1H3,(H,32,36)(H2,31,33,35,37,38). The third kappa shape index (κ3) is 3.90. The average Bonchev–Trinajstić information content (AvgIpc) is 3.49. The summed E-state index contributed by atoms with van der Waals surface area (Å²) in [5, 5.41) is 17.1. The smallest absolute Gasteiger partial charge is 0.307 e. The molecule has 5 aromatic rings. The van der Waals surface area contributed by atoms with Crippen LogP contribution in [0.5, 0.6) is 0 Å². The van der Waals surface area contributed by atoms with Crippen LogP contribution in [0.2, 0.25) is 0 Å². The van der Waals surface area contributed by atoms with Crippen molar-refractivity contribution in [2.45, 2.75) is 45.0 Å². The largest absolute Gasteiger partial charge is 0.433 e. The lowest BCUT2D eigenvalue weighted by molar-refractivity contribution is -0.141. The molecule has 0 spiro atoms. The molecule has 6 rings (SSSR count). The third-order valence-corrected chi connectivity index (χ3v) is 6.69. The van der Waals surface area contributed by atoms with Gasteiger partial charge in [-0.3, -0.25) is 10.2 Å². The van der Waals surface area contributed by atoms with Gasteiger partial charge in [0.2, 0.25) is 5.95 Å². The number of benzene rings is 1. The number of nitrogens with zero attached hydrogens (tertiary/aromatic N) is 5. The van der Waals surface area contributed by atoms with Crippen LogP contribution in [0.1, 0.15) is 40.9 Å². The summed E-state index contributed by atoms with van der Waals surface area (Å²) in [6.07, 6.45) is -4.46. The van der Waals surface area contributed by atoms with Crippen LogP contribution in [-0.4, -0.2) is 35.3 Å². The Morgan fingerprint density at radius 1 is 0.895 bits per heavy atom. The first-order valence-electron chi connectivity index (χ1n) is 11.6. The Hall–Kier alpha value is -4.23. The van der Waals surface area contributed by atoms with Gasteiger partial charge in [-0.15, -0.1) is 0 Å². The van der Waals surface area contributed by atoms with Crippen molar-refractivity contribution >= 4 is 33.6 Å². The first kappa shape index (κ1) is 24.1. The van der Waals surface area contributed by atoms with Crippen LogP contribution in [0.25, 0.3) is 33.1 Å². The van der Waals surface area contributed by atoms with Gasteiger partial charge in [-0.25, -0.2) is 15.0 Å². The van der Waals surface area contributed by atoms with Crippen molar-refractivity contribution in [2.24, 2.45) is 0 Å². The molecule has 8 nitrogen and oxygen atoms in total. The predicted octanol–water partition coefficient (Wildman–Crippen LogP) is 6.26. The summed E-state index contributed by atoms with van der Waals surface area (Å²) in [4.78, 5) is 12.1. The molecule has 14 heteroatoms. The quantitative estimate of drug-likeness (QED) is 0.237. The maximum absolute atomic E-state index is 14.2. The van der Waals surface area contributed by atoms with Crippen molar-refractivity contribution in [1.82, 2.24) is 35.3 Å². The Morgan fingerprint density at radius 2 is 1.66 bits per heavy atom. The number of aryl methyl sites for hydroxylation is 2. The molecule has 0 saturated carbocycles. The average molecular weight is 532 g/mol. The number of anilines is 2. The molecule has 1 aliphatic rings. The second-order valence-electron chi connectivity index (χ2n) is 9.05. The highest BCUT2D eigenvalue weighted by atomic mass is 19.4. The molecular formula is C24H18F6N8. The minimum atomic E-state index is -4.81. The van der Waals surface area contributed by atoms with Crippen molar-refractivity contribution in [3.8, 4) is 11.3 Å². The van der Waals surface area contributed by atoms with Gasteiger partial charge < -0.3 is 5.32 Å². The lowest BCUT2D eigenvalue weighted by Crippen LogP contribution is -2.13. The number of fused-ring (bicyclic) bond motifs is 5. The number of aromatic amines is 2. The molecule has 38 heavy (non-hydrogen) atoms. The monoisotopic (exact) mass is 532 g/mol. The van der Waals surface area contributed by atoms with Crippen LogP contribution in [0.15, 0.2) is 24.5 Å². The summed E-state index contributed by atoms with van der Waals surface area (Å²) in [5.74, 6) is -0.618. The van der Waals surface area contributed by atoms with Crippen molar-refractivity contribution in [1.29, 1.82) is 0 Å². The van der Waals surface area contributed by atoms with Crippen LogP contribution >= 0.6 is 0 Å². The van der Waals surface area contributed by atoms with E-state index >= 15 is 0 Å². The minimum Gasteiger partial charge on any atom is -0.307 e. The fourth-order valence-corrected chi connectivity index (χ4v) is 5.03. The molecule has 1 aromatic carbocycles. The van der Waals surface area contributed by atoms with Crippen molar-refractivity contribution < 1.29 is 26.3 Å². The van der Waals surface area contributed by atoms with E-state index in [4.69, 9.17) is 0 Å². The summed E-state index contributed by atoms with van der Waals surface area (Å²) < 4.78 is 81.9. The van der Waals surface area contributed by atoms with E-state index in [0.29, 0.717) is 30.1 Å². The zero-order chi connectivity index (χ0) is 26.8. The van der Waals surface area contributed by atoms with E-state index in [1.807, 2.05) is 5.10 Å². The molecule has 0 amide bonds. The zero-order valence-electron chi connectivity index (χ0n) is 19.6. The number of pyridine rings is 1. The summed E-state index contributed by atoms with van der Waals surface area (Å²) >= 11 is 0. The van der Waals surface area contributed by atoms with Crippen molar-refractivity contribution in [3.05, 3.63) is 52.6 Å². The number of aromatic nitrogens is 7. The van der Waals surface area contributed by atoms with Gasteiger partial charge in [0.25, 0.3) is 0 Å². The van der Waals surface area contributed by atoms with E-state index in [2.05, 4.69) is 35.6 Å². The first-order chi connectivity index (χ1) is 18.0. The van der Waals surface area contributed by atoms with E-state index < -0.39 is 23.6 Å². The summed E-state index contributed by atoms with van der Waals surface area (Å²) in [5.41, 5.74) is 0.0429. The molecular weight excluding hydrogens is 514 g/mol. The Bertz CT molecular complexity index is 1700. The number of H-pyrrole nitrogens is 2. The van der Waals surface area contributed by atoms with E-state index in [1.54, 1.807) is 18.3 Å². The molecule has 0 fully saturated rings. The molecule has 0 radical (unpaired) electrons. The SMILES string of the molecule is Cc1nc(Nc2n[nH]c(C(F)(F)F)c2-c2nc3ccc4[nH]ncc4c3c3c2CCCC3)ncc1C(F)(F)F. The maximum atomic E-state index is 14.2. The van der Waals surface area contributed by atoms with Crippen LogP contribution in [0.4, 0.5) is 38.1 Å². The van der Waals surface area contributed by atoms with Gasteiger partial charge in [0.1, 0.15) is 0 Å². The van der Waals surface area contributed by atoms with E-state index in [0.717, 1.165) is 41.6 Å². The molecule has 3 N–H and O–H groups in total. The second-order valence-corrected chi connectivity index (χ2v) is 9.05. The van der Waals surface area contributed by atoms with Gasteiger partial charge in [0, 0.05) is 17.0 Å². The Kier molecular flexibility index (Phi) is 5.33. The van der Waals surface area contributed by atoms with E-state index in [1.165, 1.54) is 0 Å². The maximum Gasteiger partial charge on any atom is 0.433 e. The van der Waals surface area contributed by atoms with E-state index in [9.17, 15) is 26.3 Å². The van der Waals surface area contributed by atoms with Gasteiger partial charge in [-0.1, -0.05) is 0 Å². The van der Waals surface area contributed by atoms with Gasteiger partial charge in [-0.05, 0) is 55.9 Å². The Morgan fingerprint density at radius 3 is 2.37 bits per heavy atom. The Labute approximate surface area is 209 Å². The highest BCUT2D eigenvalue weighted by Crippen LogP contribution is 2.44. The molecule has 0 bridgehead atoms. The van der Waals surface area contributed by atoms with Crippen LogP contribution in [-0.2, 0) is 25.2 Å². The highest BCUT2D eigenvalue weighted by Gasteiger charge is 2.40. The topological polar surface area (TPSA) is 108 Å².